The van der Waals surface area contributed by atoms with E-state index >= 15 is 0 Å². The molecule has 0 atom stereocenters. The van der Waals surface area contributed by atoms with Gasteiger partial charge in [0.25, 0.3) is 5.91 Å². The van der Waals surface area contributed by atoms with Gasteiger partial charge in [-0.05, 0) is 44.5 Å². The van der Waals surface area contributed by atoms with Gasteiger partial charge < -0.3 is 10.4 Å². The molecule has 1 aromatic rings. The Labute approximate surface area is 136 Å². The van der Waals surface area contributed by atoms with Crippen molar-refractivity contribution in [2.45, 2.75) is 38.5 Å². The summed E-state index contributed by atoms with van der Waals surface area (Å²) in [7, 11) is -3.32. The van der Waals surface area contributed by atoms with Crippen LogP contribution in [0.4, 0.5) is 0 Å². The molecule has 23 heavy (non-hydrogen) atoms. The van der Waals surface area contributed by atoms with Gasteiger partial charge in [-0.1, -0.05) is 13.3 Å². The minimum Gasteiger partial charge on any atom is -0.481 e. The van der Waals surface area contributed by atoms with Gasteiger partial charge in [-0.15, -0.1) is 0 Å². The maximum atomic E-state index is 12.0. The van der Waals surface area contributed by atoms with Crippen molar-refractivity contribution in [3.63, 3.8) is 0 Å². The average molecular weight is 341 g/mol. The van der Waals surface area contributed by atoms with Gasteiger partial charge in [0, 0.05) is 12.1 Å². The molecule has 0 heterocycles. The summed E-state index contributed by atoms with van der Waals surface area (Å²) in [6.45, 7) is 4.93. The average Bonchev–Trinajstić information content (AvgIpc) is 2.50. The normalized spacial score (nSPS) is 12.0. The molecule has 0 fully saturated rings. The van der Waals surface area contributed by atoms with Crippen LogP contribution < -0.4 is 5.32 Å². The molecule has 0 aliphatic heterocycles. The zero-order chi connectivity index (χ0) is 17.7. The van der Waals surface area contributed by atoms with Crippen LogP contribution in [0.15, 0.2) is 29.2 Å². The molecular weight excluding hydrogens is 318 g/mol. The summed E-state index contributed by atoms with van der Waals surface area (Å²) >= 11 is 0. The fourth-order valence-corrected chi connectivity index (χ4v) is 3.20. The Balaban J connectivity index is 2.77. The lowest BCUT2D eigenvalue weighted by molar-refractivity contribution is -0.146. The van der Waals surface area contributed by atoms with Crippen molar-refractivity contribution in [3.8, 4) is 0 Å². The van der Waals surface area contributed by atoms with Crippen LogP contribution in [-0.4, -0.2) is 37.7 Å². The van der Waals surface area contributed by atoms with Crippen LogP contribution in [0.2, 0.25) is 0 Å². The van der Waals surface area contributed by atoms with Crippen LogP contribution in [0.1, 0.15) is 44.0 Å². The maximum absolute atomic E-state index is 12.0. The Morgan fingerprint density at radius 3 is 2.22 bits per heavy atom. The smallest absolute Gasteiger partial charge is 0.310 e. The number of benzene rings is 1. The first-order valence-corrected chi connectivity index (χ1v) is 9.10. The van der Waals surface area contributed by atoms with E-state index in [0.717, 1.165) is 6.42 Å². The Morgan fingerprint density at radius 1 is 1.17 bits per heavy atom. The van der Waals surface area contributed by atoms with Crippen LogP contribution in [0.5, 0.6) is 0 Å². The van der Waals surface area contributed by atoms with Crippen molar-refractivity contribution in [2.24, 2.45) is 5.41 Å². The highest BCUT2D eigenvalue weighted by Gasteiger charge is 2.27. The molecule has 0 radical (unpaired) electrons. The van der Waals surface area contributed by atoms with E-state index in [1.54, 1.807) is 0 Å². The van der Waals surface area contributed by atoms with E-state index in [4.69, 9.17) is 5.11 Å². The monoisotopic (exact) mass is 341 g/mol. The predicted octanol–water partition coefficient (Wildman–Crippen LogP) is 2.10. The molecule has 0 spiro atoms. The summed E-state index contributed by atoms with van der Waals surface area (Å²) in [5.41, 5.74) is -0.778. The number of aliphatic carboxylic acids is 1. The van der Waals surface area contributed by atoms with Gasteiger partial charge in [0.1, 0.15) is 0 Å². The van der Waals surface area contributed by atoms with Gasteiger partial charge in [0.15, 0.2) is 9.84 Å². The van der Waals surface area contributed by atoms with Gasteiger partial charge >= 0.3 is 5.97 Å². The van der Waals surface area contributed by atoms with Gasteiger partial charge in [0.2, 0.25) is 0 Å². The number of rotatable bonds is 8. The summed E-state index contributed by atoms with van der Waals surface area (Å²) < 4.78 is 24.1. The van der Waals surface area contributed by atoms with Gasteiger partial charge in [0.05, 0.1) is 16.1 Å². The summed E-state index contributed by atoms with van der Waals surface area (Å²) in [6, 6.07) is 5.67. The Kier molecular flexibility index (Phi) is 6.32. The molecule has 1 rings (SSSR count). The lowest BCUT2D eigenvalue weighted by Crippen LogP contribution is -2.38. The maximum Gasteiger partial charge on any atom is 0.310 e. The lowest BCUT2D eigenvalue weighted by atomic mass is 9.94. The van der Waals surface area contributed by atoms with Crippen molar-refractivity contribution in [1.29, 1.82) is 0 Å². The third-order valence-corrected chi connectivity index (χ3v) is 5.33. The van der Waals surface area contributed by atoms with Crippen LogP contribution in [0.3, 0.4) is 0 Å². The number of carboxylic acids is 1. The number of carboxylic acid groups (broad SMARTS) is 1. The summed E-state index contributed by atoms with van der Waals surface area (Å²) in [6.07, 6.45) is 1.38. The van der Waals surface area contributed by atoms with E-state index in [0.29, 0.717) is 12.0 Å². The lowest BCUT2D eigenvalue weighted by Gasteiger charge is -2.19. The molecule has 0 aromatic heterocycles. The number of hydrogen-bond acceptors (Lipinski definition) is 4. The van der Waals surface area contributed by atoms with E-state index in [2.05, 4.69) is 5.32 Å². The molecule has 0 saturated heterocycles. The van der Waals surface area contributed by atoms with Crippen LogP contribution in [0, 0.1) is 5.41 Å². The topological polar surface area (TPSA) is 101 Å². The first-order valence-electron chi connectivity index (χ1n) is 7.44. The molecule has 0 bridgehead atoms. The molecule has 0 saturated carbocycles. The Morgan fingerprint density at radius 2 is 1.74 bits per heavy atom. The third kappa shape index (κ3) is 5.35. The molecule has 6 nitrogen and oxygen atoms in total. The van der Waals surface area contributed by atoms with Crippen LogP contribution in [-0.2, 0) is 14.6 Å². The number of carbonyl (C=O) groups excluding carboxylic acids is 1. The number of sulfone groups is 1. The number of carbonyl (C=O) groups is 2. The third-order valence-electron chi connectivity index (χ3n) is 3.51. The fraction of sp³-hybridized carbons (Fsp3) is 0.500. The number of nitrogens with one attached hydrogen (secondary N) is 1. The molecular formula is C16H23NO5S. The fourth-order valence-electron chi connectivity index (χ4n) is 1.74. The quantitative estimate of drug-likeness (QED) is 0.754. The molecule has 1 aromatic carbocycles. The first kappa shape index (κ1) is 19.2. The van der Waals surface area contributed by atoms with Gasteiger partial charge in [-0.25, -0.2) is 8.42 Å². The predicted molar refractivity (Wildman–Crippen MR) is 87.2 cm³/mol. The largest absolute Gasteiger partial charge is 0.481 e. The van der Waals surface area contributed by atoms with Gasteiger partial charge in [-0.2, -0.15) is 0 Å². The standard InChI is InChI=1S/C16H23NO5S/c1-4-5-10-23(21,22)13-8-6-12(7-9-13)14(18)17-11-16(2,3)15(19)20/h6-9H,4-5,10-11H2,1-3H3,(H,17,18)(H,19,20). The second-order valence-electron chi connectivity index (χ2n) is 6.07. The second-order valence-corrected chi connectivity index (χ2v) is 8.18. The SMILES string of the molecule is CCCCS(=O)(=O)c1ccc(C(=O)NCC(C)(C)C(=O)O)cc1. The Bertz CT molecular complexity index is 662. The molecule has 128 valence electrons. The van der Waals surface area contributed by atoms with Crippen LogP contribution in [0.25, 0.3) is 0 Å². The zero-order valence-corrected chi connectivity index (χ0v) is 14.4. The summed E-state index contributed by atoms with van der Waals surface area (Å²) in [4.78, 5) is 23.2. The zero-order valence-electron chi connectivity index (χ0n) is 13.6. The van der Waals surface area contributed by atoms with Gasteiger partial charge in [-0.3, -0.25) is 9.59 Å². The molecule has 0 unspecified atom stereocenters. The number of amides is 1. The number of hydrogen-bond donors (Lipinski definition) is 2. The van der Waals surface area contributed by atoms with Crippen molar-refractivity contribution < 1.29 is 23.1 Å². The van der Waals surface area contributed by atoms with E-state index in [1.807, 2.05) is 6.92 Å². The Hall–Kier alpha value is -1.89. The first-order chi connectivity index (χ1) is 10.6. The molecule has 1 amide bonds. The van der Waals surface area contributed by atoms with E-state index < -0.39 is 27.1 Å². The summed E-state index contributed by atoms with van der Waals surface area (Å²) in [5.74, 6) is -1.35. The second kappa shape index (κ2) is 7.59. The summed E-state index contributed by atoms with van der Waals surface area (Å²) in [5, 5.41) is 11.5. The van der Waals surface area contributed by atoms with Crippen molar-refractivity contribution >= 4 is 21.7 Å². The number of unbranched alkanes of at least 4 members (excludes halogenated alkanes) is 1. The highest BCUT2D eigenvalue weighted by atomic mass is 32.2. The highest BCUT2D eigenvalue weighted by molar-refractivity contribution is 7.91. The van der Waals surface area contributed by atoms with E-state index in [-0.39, 0.29) is 17.2 Å². The molecule has 0 aliphatic rings. The van der Waals surface area contributed by atoms with Crippen molar-refractivity contribution in [2.75, 3.05) is 12.3 Å². The molecule has 7 heteroatoms. The van der Waals surface area contributed by atoms with Crippen LogP contribution >= 0.6 is 0 Å². The van der Waals surface area contributed by atoms with E-state index in [1.165, 1.54) is 38.1 Å². The molecule has 2 N–H and O–H groups in total. The highest BCUT2D eigenvalue weighted by Crippen LogP contribution is 2.16. The van der Waals surface area contributed by atoms with E-state index in [9.17, 15) is 18.0 Å². The minimum atomic E-state index is -3.32. The van der Waals surface area contributed by atoms with Crippen molar-refractivity contribution in [1.82, 2.24) is 5.32 Å². The minimum absolute atomic E-state index is 0.0162. The molecule has 0 aliphatic carbocycles. The van der Waals surface area contributed by atoms with Crippen molar-refractivity contribution in [3.05, 3.63) is 29.8 Å².